The van der Waals surface area contributed by atoms with Gasteiger partial charge in [-0.3, -0.25) is 4.79 Å². The van der Waals surface area contributed by atoms with Gasteiger partial charge in [-0.2, -0.15) is 0 Å². The van der Waals surface area contributed by atoms with Gasteiger partial charge in [0.1, 0.15) is 11.5 Å². The Balaban J connectivity index is 2.09. The fourth-order valence-corrected chi connectivity index (χ4v) is 4.49. The van der Waals surface area contributed by atoms with E-state index in [0.29, 0.717) is 5.75 Å². The van der Waals surface area contributed by atoms with Crippen LogP contribution in [-0.4, -0.2) is 11.1 Å². The van der Waals surface area contributed by atoms with Gasteiger partial charge in [0.05, 0.1) is 5.41 Å². The first-order valence-electron chi connectivity index (χ1n) is 8.90. The summed E-state index contributed by atoms with van der Waals surface area (Å²) in [4.78, 5) is 12.2. The van der Waals surface area contributed by atoms with Crippen molar-refractivity contribution in [2.75, 3.05) is 0 Å². The Bertz CT molecular complexity index is 862. The van der Waals surface area contributed by atoms with Crippen molar-refractivity contribution in [1.82, 2.24) is 0 Å². The SMILES string of the molecule is CC(C)=CC1(c2cccc(Oc3ccccc3)c2)C(C)(C)[C@@]1(C)C(=O)O. The number of hydrogen-bond donors (Lipinski definition) is 1. The third kappa shape index (κ3) is 2.38. The molecule has 1 fully saturated rings. The monoisotopic (exact) mass is 350 g/mol. The first kappa shape index (κ1) is 18.2. The van der Waals surface area contributed by atoms with E-state index in [-0.39, 0.29) is 0 Å². The van der Waals surface area contributed by atoms with Crippen LogP contribution in [0.2, 0.25) is 0 Å². The van der Waals surface area contributed by atoms with E-state index in [1.54, 1.807) is 0 Å². The van der Waals surface area contributed by atoms with Crippen LogP contribution in [0.5, 0.6) is 11.5 Å². The Morgan fingerprint density at radius 3 is 2.12 bits per heavy atom. The number of para-hydroxylation sites is 1. The maximum atomic E-state index is 12.2. The quantitative estimate of drug-likeness (QED) is 0.692. The lowest BCUT2D eigenvalue weighted by molar-refractivity contribution is -0.144. The summed E-state index contributed by atoms with van der Waals surface area (Å²) in [6.45, 7) is 9.95. The largest absolute Gasteiger partial charge is 0.481 e. The summed E-state index contributed by atoms with van der Waals surface area (Å²) in [6, 6.07) is 17.4. The van der Waals surface area contributed by atoms with Crippen molar-refractivity contribution in [3.63, 3.8) is 0 Å². The molecule has 0 bridgehead atoms. The van der Waals surface area contributed by atoms with Crippen LogP contribution in [0.15, 0.2) is 66.2 Å². The highest BCUT2D eigenvalue weighted by Crippen LogP contribution is 2.79. The highest BCUT2D eigenvalue weighted by molar-refractivity contribution is 5.86. The van der Waals surface area contributed by atoms with Gasteiger partial charge in [0.15, 0.2) is 0 Å². The molecule has 0 aromatic heterocycles. The van der Waals surface area contributed by atoms with Crippen LogP contribution in [0.3, 0.4) is 0 Å². The van der Waals surface area contributed by atoms with Crippen LogP contribution in [0.25, 0.3) is 0 Å². The van der Waals surface area contributed by atoms with E-state index in [0.717, 1.165) is 16.9 Å². The molecule has 3 nitrogen and oxygen atoms in total. The fraction of sp³-hybridized carbons (Fsp3) is 0.348. The lowest BCUT2D eigenvalue weighted by Gasteiger charge is -2.20. The van der Waals surface area contributed by atoms with Crippen LogP contribution in [-0.2, 0) is 10.2 Å². The van der Waals surface area contributed by atoms with Crippen LogP contribution in [0, 0.1) is 10.8 Å². The van der Waals surface area contributed by atoms with Crippen molar-refractivity contribution in [2.24, 2.45) is 10.8 Å². The summed E-state index contributed by atoms with van der Waals surface area (Å²) in [5.41, 5.74) is 0.233. The molecule has 3 heteroatoms. The summed E-state index contributed by atoms with van der Waals surface area (Å²) in [5.74, 6) is 0.706. The third-order valence-corrected chi connectivity index (χ3v) is 6.16. The molecule has 3 rings (SSSR count). The molecule has 1 aliphatic rings. The van der Waals surface area contributed by atoms with E-state index in [9.17, 15) is 9.90 Å². The highest BCUT2D eigenvalue weighted by Gasteiger charge is 2.83. The summed E-state index contributed by atoms with van der Waals surface area (Å²) in [6.07, 6.45) is 2.11. The summed E-state index contributed by atoms with van der Waals surface area (Å²) in [7, 11) is 0. The van der Waals surface area contributed by atoms with Crippen LogP contribution in [0.4, 0.5) is 0 Å². The van der Waals surface area contributed by atoms with Crippen molar-refractivity contribution in [2.45, 2.75) is 40.0 Å². The zero-order valence-corrected chi connectivity index (χ0v) is 16.0. The Morgan fingerprint density at radius 1 is 0.962 bits per heavy atom. The molecule has 2 atom stereocenters. The van der Waals surface area contributed by atoms with Crippen LogP contribution in [0.1, 0.15) is 40.2 Å². The molecule has 1 aliphatic carbocycles. The molecule has 1 saturated carbocycles. The second kappa shape index (κ2) is 6.01. The van der Waals surface area contributed by atoms with Gasteiger partial charge in [0.25, 0.3) is 0 Å². The lowest BCUT2D eigenvalue weighted by Crippen LogP contribution is -2.22. The minimum absolute atomic E-state index is 0.408. The minimum Gasteiger partial charge on any atom is -0.481 e. The highest BCUT2D eigenvalue weighted by atomic mass is 16.5. The predicted octanol–water partition coefficient (Wildman–Crippen LogP) is 5.81. The average Bonchev–Trinajstić information content (AvgIpc) is 2.98. The molecule has 0 spiro atoms. The van der Waals surface area contributed by atoms with Gasteiger partial charge < -0.3 is 9.84 Å². The molecule has 0 radical (unpaired) electrons. The number of allylic oxidation sites excluding steroid dienone is 2. The van der Waals surface area contributed by atoms with E-state index >= 15 is 0 Å². The van der Waals surface area contributed by atoms with Gasteiger partial charge >= 0.3 is 5.97 Å². The topological polar surface area (TPSA) is 46.5 Å². The third-order valence-electron chi connectivity index (χ3n) is 6.16. The van der Waals surface area contributed by atoms with Crippen molar-refractivity contribution in [3.05, 3.63) is 71.8 Å². The molecule has 136 valence electrons. The first-order valence-corrected chi connectivity index (χ1v) is 8.90. The molecular formula is C23H26O3. The van der Waals surface area contributed by atoms with Crippen LogP contribution >= 0.6 is 0 Å². The number of aliphatic carboxylic acids is 1. The number of rotatable bonds is 5. The van der Waals surface area contributed by atoms with Gasteiger partial charge in [0.2, 0.25) is 0 Å². The van der Waals surface area contributed by atoms with Gasteiger partial charge in [-0.15, -0.1) is 0 Å². The number of ether oxygens (including phenoxy) is 1. The van der Waals surface area contributed by atoms with Crippen molar-refractivity contribution in [3.8, 4) is 11.5 Å². The zero-order valence-electron chi connectivity index (χ0n) is 16.0. The zero-order chi connectivity index (χ0) is 19.2. The number of carboxylic acids is 1. The number of hydrogen-bond acceptors (Lipinski definition) is 2. The van der Waals surface area contributed by atoms with E-state index in [1.807, 2.05) is 89.2 Å². The molecule has 1 unspecified atom stereocenters. The van der Waals surface area contributed by atoms with Gasteiger partial charge in [-0.1, -0.05) is 55.8 Å². The van der Waals surface area contributed by atoms with E-state index < -0.39 is 22.2 Å². The molecule has 26 heavy (non-hydrogen) atoms. The van der Waals surface area contributed by atoms with Crippen molar-refractivity contribution < 1.29 is 14.6 Å². The number of carboxylic acid groups (broad SMARTS) is 1. The van der Waals surface area contributed by atoms with Crippen LogP contribution < -0.4 is 4.74 Å². The molecule has 0 amide bonds. The minimum atomic E-state index is -0.872. The normalized spacial score (nSPS) is 26.0. The lowest BCUT2D eigenvalue weighted by atomic mass is 9.84. The molecule has 0 aliphatic heterocycles. The standard InChI is InChI=1S/C23H26O3/c1-16(2)15-23(21(3,4)22(23,5)20(24)25)17-10-9-13-19(14-17)26-18-11-7-6-8-12-18/h6-15H,1-5H3,(H,24,25)/t22-,23?/m1/s1. The van der Waals surface area contributed by atoms with E-state index in [4.69, 9.17) is 4.74 Å². The molecule has 0 heterocycles. The van der Waals surface area contributed by atoms with Gasteiger partial charge in [-0.05, 0) is 56.0 Å². The molecule has 0 saturated heterocycles. The second-order valence-corrected chi connectivity index (χ2v) is 8.03. The van der Waals surface area contributed by atoms with Gasteiger partial charge in [0, 0.05) is 5.41 Å². The Morgan fingerprint density at radius 2 is 1.58 bits per heavy atom. The van der Waals surface area contributed by atoms with Gasteiger partial charge in [-0.25, -0.2) is 0 Å². The average molecular weight is 350 g/mol. The summed E-state index contributed by atoms with van der Waals surface area (Å²) >= 11 is 0. The Kier molecular flexibility index (Phi) is 4.22. The molecular weight excluding hydrogens is 324 g/mol. The summed E-state index contributed by atoms with van der Waals surface area (Å²) < 4.78 is 5.98. The fourth-order valence-electron chi connectivity index (χ4n) is 4.49. The first-order chi connectivity index (χ1) is 12.2. The molecule has 2 aromatic rings. The molecule has 2 aromatic carbocycles. The number of carbonyl (C=O) groups is 1. The smallest absolute Gasteiger partial charge is 0.311 e. The van der Waals surface area contributed by atoms with E-state index in [2.05, 4.69) is 6.08 Å². The number of benzene rings is 2. The second-order valence-electron chi connectivity index (χ2n) is 8.03. The summed E-state index contributed by atoms with van der Waals surface area (Å²) in [5, 5.41) is 10.0. The Labute approximate surface area is 155 Å². The molecule has 1 N–H and O–H groups in total. The maximum absolute atomic E-state index is 12.2. The van der Waals surface area contributed by atoms with Crippen molar-refractivity contribution >= 4 is 5.97 Å². The predicted molar refractivity (Wildman–Crippen MR) is 104 cm³/mol. The van der Waals surface area contributed by atoms with Crippen molar-refractivity contribution in [1.29, 1.82) is 0 Å². The maximum Gasteiger partial charge on any atom is 0.311 e. The van der Waals surface area contributed by atoms with E-state index in [1.165, 1.54) is 0 Å². The Hall–Kier alpha value is -2.55.